The third-order valence-electron chi connectivity index (χ3n) is 9.60. The highest BCUT2D eigenvalue weighted by molar-refractivity contribution is 6.31. The van der Waals surface area contributed by atoms with Crippen LogP contribution in [0.5, 0.6) is 5.75 Å². The van der Waals surface area contributed by atoms with Gasteiger partial charge in [-0.2, -0.15) is 5.26 Å². The van der Waals surface area contributed by atoms with Crippen LogP contribution in [0.3, 0.4) is 0 Å². The average Bonchev–Trinajstić information content (AvgIpc) is 3.52. The molecule has 12 nitrogen and oxygen atoms in total. The Morgan fingerprint density at radius 3 is 2.32 bits per heavy atom. The number of nitrogens with zero attached hydrogens (tertiary/aromatic N) is 1. The van der Waals surface area contributed by atoms with Gasteiger partial charge in [0.15, 0.2) is 0 Å². The molecule has 1 heterocycles. The Morgan fingerprint density at radius 1 is 0.915 bits per heavy atom. The molecule has 59 heavy (non-hydrogen) atoms. The van der Waals surface area contributed by atoms with Crippen LogP contribution in [0, 0.1) is 28.4 Å². The Kier molecular flexibility index (Phi) is 14.5. The Hall–Kier alpha value is -5.75. The van der Waals surface area contributed by atoms with Crippen molar-refractivity contribution < 1.29 is 46.9 Å². The fourth-order valence-electron chi connectivity index (χ4n) is 7.03. The number of nitrogens with one attached hydrogen (secondary N) is 3. The number of carbonyl (C=O) groups excluding carboxylic acids is 4. The van der Waals surface area contributed by atoms with Crippen molar-refractivity contribution in [1.82, 2.24) is 10.6 Å². The zero-order valence-electron chi connectivity index (χ0n) is 32.6. The number of hydrogen-bond acceptors (Lipinski definition) is 10. The summed E-state index contributed by atoms with van der Waals surface area (Å²) in [7, 11) is 1.31. The number of anilines is 1. The van der Waals surface area contributed by atoms with Gasteiger partial charge in [0.1, 0.15) is 49.2 Å². The number of carbonyl (C=O) groups is 4. The quantitative estimate of drug-likeness (QED) is 0.0646. The Bertz CT molecular complexity index is 2230. The van der Waals surface area contributed by atoms with Crippen molar-refractivity contribution >= 4 is 52.8 Å². The van der Waals surface area contributed by atoms with Gasteiger partial charge in [0.2, 0.25) is 5.91 Å². The minimum atomic E-state index is -1.84. The van der Waals surface area contributed by atoms with Gasteiger partial charge in [-0.25, -0.2) is 18.4 Å². The molecule has 4 aromatic rings. The van der Waals surface area contributed by atoms with Gasteiger partial charge >= 0.3 is 18.0 Å². The van der Waals surface area contributed by atoms with Crippen LogP contribution in [-0.4, -0.2) is 62.9 Å². The number of hydrogen-bond donors (Lipinski definition) is 3. The molecule has 1 saturated heterocycles. The van der Waals surface area contributed by atoms with Crippen LogP contribution in [-0.2, 0) is 35.8 Å². The number of rotatable bonds is 14. The maximum atomic E-state index is 16.0. The molecule has 3 N–H and O–H groups in total. The van der Waals surface area contributed by atoms with Gasteiger partial charge in [0.05, 0.1) is 35.5 Å². The lowest BCUT2D eigenvalue weighted by Crippen LogP contribution is -2.45. The minimum absolute atomic E-state index is 0.0234. The van der Waals surface area contributed by atoms with Crippen molar-refractivity contribution in [1.29, 1.82) is 5.26 Å². The van der Waals surface area contributed by atoms with Gasteiger partial charge in [0, 0.05) is 22.5 Å². The van der Waals surface area contributed by atoms with E-state index in [1.165, 1.54) is 55.6 Å². The van der Waals surface area contributed by atoms with Gasteiger partial charge in [-0.3, -0.25) is 9.59 Å². The monoisotopic (exact) mass is 850 g/mol. The topological polar surface area (TPSA) is 165 Å². The van der Waals surface area contributed by atoms with Crippen LogP contribution < -0.4 is 20.7 Å². The van der Waals surface area contributed by atoms with Crippen LogP contribution in [0.25, 0.3) is 0 Å². The molecule has 5 rings (SSSR count). The van der Waals surface area contributed by atoms with Gasteiger partial charge in [-0.05, 0) is 59.4 Å². The molecule has 16 heteroatoms. The molecule has 1 fully saturated rings. The number of alkyl carbamates (subject to hydrolysis) is 1. The number of ether oxygens (including phenoxy) is 4. The highest BCUT2D eigenvalue weighted by atomic mass is 35.5. The maximum Gasteiger partial charge on any atom is 0.407 e. The van der Waals surface area contributed by atoms with Crippen LogP contribution >= 0.6 is 23.2 Å². The van der Waals surface area contributed by atoms with E-state index in [0.29, 0.717) is 0 Å². The van der Waals surface area contributed by atoms with E-state index in [-0.39, 0.29) is 64.4 Å². The van der Waals surface area contributed by atoms with Gasteiger partial charge in [-0.15, -0.1) is 0 Å². The SMILES string of the molecule is COc1cc(C(=O)OCCOC(=O)NCC(=O)OCc2ccccc2)ccc1NC(=O)[C@@H]1N[C@@H](CC(C)(C)C)[C@](C#N)(c2ccc(Cl)cc2F)[C@H]1c1cccc(Cl)c1F. The summed E-state index contributed by atoms with van der Waals surface area (Å²) >= 11 is 12.4. The lowest BCUT2D eigenvalue weighted by Gasteiger charge is -2.37. The van der Waals surface area contributed by atoms with Gasteiger partial charge in [-0.1, -0.05) is 92.5 Å². The van der Waals surface area contributed by atoms with Crippen molar-refractivity contribution in [3.05, 3.63) is 129 Å². The molecule has 4 atom stereocenters. The average molecular weight is 852 g/mol. The molecule has 0 aliphatic carbocycles. The molecule has 1 aliphatic heterocycles. The zero-order valence-corrected chi connectivity index (χ0v) is 34.1. The van der Waals surface area contributed by atoms with Crippen LogP contribution in [0.4, 0.5) is 19.3 Å². The molecule has 0 unspecified atom stereocenters. The third kappa shape index (κ3) is 10.7. The largest absolute Gasteiger partial charge is 0.495 e. The highest BCUT2D eigenvalue weighted by Gasteiger charge is 2.61. The standard InChI is InChI=1S/C43H42Cl2F2N4O8/c1-42(2,3)21-34-43(24-48,29-15-14-27(44)20-31(29)46)36(28-11-8-12-30(45)37(28)47)38(51-34)39(53)50-32-16-13-26(19-33(32)56-4)40(54)57-17-18-58-41(55)49-22-35(52)59-23-25-9-6-5-7-10-25/h5-16,19-20,34,36,38,51H,17-18,21-23H2,1-4H3,(H,49,55)(H,50,53)/t34-,36-,38+,43-/m0/s1. The van der Waals surface area contributed by atoms with Crippen molar-refractivity contribution in [2.45, 2.75) is 57.2 Å². The van der Waals surface area contributed by atoms with Crippen molar-refractivity contribution in [3.63, 3.8) is 0 Å². The van der Waals surface area contributed by atoms with E-state index in [1.54, 1.807) is 24.3 Å². The molecule has 310 valence electrons. The second-order valence-electron chi connectivity index (χ2n) is 14.9. The van der Waals surface area contributed by atoms with Gasteiger partial charge in [0.25, 0.3) is 0 Å². The molecule has 0 saturated carbocycles. The second kappa shape index (κ2) is 19.3. The molecule has 0 aromatic heterocycles. The molecule has 2 amide bonds. The first-order chi connectivity index (χ1) is 28.1. The van der Waals surface area contributed by atoms with Gasteiger partial charge < -0.3 is 34.9 Å². The first kappa shape index (κ1) is 44.4. The summed E-state index contributed by atoms with van der Waals surface area (Å²) in [5, 5.41) is 19.2. The highest BCUT2D eigenvalue weighted by Crippen LogP contribution is 2.53. The number of methoxy groups -OCH3 is 1. The molecule has 1 aliphatic rings. The fraction of sp³-hybridized carbons (Fsp3) is 0.326. The Labute approximate surface area is 350 Å². The Morgan fingerprint density at radius 2 is 1.64 bits per heavy atom. The predicted octanol–water partition coefficient (Wildman–Crippen LogP) is 7.87. The molecule has 4 aromatic carbocycles. The molecule has 0 radical (unpaired) electrons. The maximum absolute atomic E-state index is 16.0. The smallest absolute Gasteiger partial charge is 0.407 e. The number of amides is 2. The van der Waals surface area contributed by atoms with E-state index in [2.05, 4.69) is 22.0 Å². The van der Waals surface area contributed by atoms with Crippen molar-refractivity contribution in [2.75, 3.05) is 32.2 Å². The number of esters is 2. The normalized spacial score (nSPS) is 18.6. The number of halogens is 4. The summed E-state index contributed by atoms with van der Waals surface area (Å²) < 4.78 is 52.8. The van der Waals surface area contributed by atoms with E-state index in [1.807, 2.05) is 26.8 Å². The van der Waals surface area contributed by atoms with Crippen LogP contribution in [0.1, 0.15) is 60.2 Å². The molecule has 0 bridgehead atoms. The molecular formula is C43H42Cl2F2N4O8. The summed E-state index contributed by atoms with van der Waals surface area (Å²) in [6, 6.07) is 21.3. The number of benzene rings is 4. The zero-order chi connectivity index (χ0) is 42.9. The summed E-state index contributed by atoms with van der Waals surface area (Å²) in [5.74, 6) is -5.13. The first-order valence-electron chi connectivity index (χ1n) is 18.4. The Balaban J connectivity index is 1.29. The van der Waals surface area contributed by atoms with Crippen LogP contribution in [0.2, 0.25) is 10.0 Å². The van der Waals surface area contributed by atoms with E-state index < -0.39 is 70.9 Å². The summed E-state index contributed by atoms with van der Waals surface area (Å²) in [6.45, 7) is 4.73. The fourth-order valence-corrected chi connectivity index (χ4v) is 7.37. The van der Waals surface area contributed by atoms with E-state index >= 15 is 8.78 Å². The minimum Gasteiger partial charge on any atom is -0.495 e. The summed E-state index contributed by atoms with van der Waals surface area (Å²) in [6.07, 6.45) is -0.656. The first-order valence-corrected chi connectivity index (χ1v) is 19.2. The molecular weight excluding hydrogens is 809 g/mol. The lowest BCUT2D eigenvalue weighted by molar-refractivity contribution is -0.143. The third-order valence-corrected chi connectivity index (χ3v) is 10.1. The van der Waals surface area contributed by atoms with Crippen LogP contribution in [0.15, 0.2) is 84.9 Å². The number of nitriles is 1. The predicted molar refractivity (Wildman–Crippen MR) is 215 cm³/mol. The lowest BCUT2D eigenvalue weighted by atomic mass is 9.62. The summed E-state index contributed by atoms with van der Waals surface area (Å²) in [4.78, 5) is 51.2. The van der Waals surface area contributed by atoms with Crippen molar-refractivity contribution in [2.24, 2.45) is 5.41 Å². The molecule has 0 spiro atoms. The summed E-state index contributed by atoms with van der Waals surface area (Å²) in [5.41, 5.74) is -1.52. The van der Waals surface area contributed by atoms with E-state index in [4.69, 9.17) is 42.1 Å². The second-order valence-corrected chi connectivity index (χ2v) is 15.7. The van der Waals surface area contributed by atoms with E-state index in [9.17, 15) is 24.4 Å². The van der Waals surface area contributed by atoms with E-state index in [0.717, 1.165) is 11.6 Å². The van der Waals surface area contributed by atoms with Crippen molar-refractivity contribution in [3.8, 4) is 11.8 Å².